The van der Waals surface area contributed by atoms with Crippen molar-refractivity contribution in [1.29, 1.82) is 0 Å². The summed E-state index contributed by atoms with van der Waals surface area (Å²) in [5.74, 6) is 0. The molecule has 0 spiro atoms. The highest BCUT2D eigenvalue weighted by molar-refractivity contribution is 5.43. The van der Waals surface area contributed by atoms with E-state index in [0.717, 1.165) is 43.1 Å². The maximum absolute atomic E-state index is 12.8. The Balaban J connectivity index is 2.36. The monoisotopic (exact) mass is 304 g/mol. The first-order valence-electron chi connectivity index (χ1n) is 5.71. The molecule has 1 heterocycles. The molecule has 0 amide bonds. The third-order valence-electron chi connectivity index (χ3n) is 2.69. The van der Waals surface area contributed by atoms with E-state index in [4.69, 9.17) is 0 Å². The molecule has 2 rings (SSSR count). The predicted molar refractivity (Wildman–Crippen MR) is 63.2 cm³/mol. The molecule has 0 bridgehead atoms. The van der Waals surface area contributed by atoms with E-state index < -0.39 is 23.5 Å². The van der Waals surface area contributed by atoms with E-state index >= 15 is 0 Å². The van der Waals surface area contributed by atoms with Crippen molar-refractivity contribution in [3.63, 3.8) is 0 Å². The molecule has 0 aliphatic carbocycles. The van der Waals surface area contributed by atoms with Gasteiger partial charge in [-0.05, 0) is 23.3 Å². The smallest absolute Gasteiger partial charge is 0.264 e. The third kappa shape index (κ3) is 3.74. The second-order valence-electron chi connectivity index (χ2n) is 4.23. The fraction of sp³-hybridized carbons (Fsp3) is 0.143. The lowest BCUT2D eigenvalue weighted by molar-refractivity contribution is -0.138. The summed E-state index contributed by atoms with van der Waals surface area (Å²) in [7, 11) is 0. The van der Waals surface area contributed by atoms with E-state index in [1.165, 1.54) is 6.07 Å². The minimum Gasteiger partial charge on any atom is -0.264 e. The second kappa shape index (κ2) is 5.38. The van der Waals surface area contributed by atoms with Crippen molar-refractivity contribution >= 4 is 0 Å². The Morgan fingerprint density at radius 2 is 1.62 bits per heavy atom. The largest absolute Gasteiger partial charge is 0.416 e. The Bertz CT molecular complexity index is 630. The number of alkyl halides is 6. The first kappa shape index (κ1) is 15.3. The zero-order valence-electron chi connectivity index (χ0n) is 10.3. The Labute approximate surface area is 116 Å². The molecule has 0 atom stereocenters. The zero-order chi connectivity index (χ0) is 15.7. The van der Waals surface area contributed by atoms with Crippen LogP contribution in [0.5, 0.6) is 0 Å². The van der Waals surface area contributed by atoms with Crippen LogP contribution in [0.4, 0.5) is 26.3 Å². The van der Waals surface area contributed by atoms with Gasteiger partial charge in [0.15, 0.2) is 0 Å². The Kier molecular flexibility index (Phi) is 3.93. The Morgan fingerprint density at radius 3 is 2.24 bits per heavy atom. The van der Waals surface area contributed by atoms with Gasteiger partial charge in [0.2, 0.25) is 0 Å². The molecule has 1 radical (unpaired) electrons. The zero-order valence-corrected chi connectivity index (χ0v) is 10.3. The van der Waals surface area contributed by atoms with E-state index in [0.29, 0.717) is 0 Å². The summed E-state index contributed by atoms with van der Waals surface area (Å²) in [6.45, 7) is 0. The van der Waals surface area contributed by atoms with Gasteiger partial charge in [0, 0.05) is 18.8 Å². The van der Waals surface area contributed by atoms with Crippen molar-refractivity contribution in [3.05, 3.63) is 71.4 Å². The second-order valence-corrected chi connectivity index (χ2v) is 4.23. The first-order chi connectivity index (χ1) is 9.68. The highest BCUT2D eigenvalue weighted by Gasteiger charge is 2.34. The molecule has 2 aromatic rings. The number of aromatic nitrogens is 1. The van der Waals surface area contributed by atoms with Crippen molar-refractivity contribution in [2.75, 3.05) is 0 Å². The van der Waals surface area contributed by atoms with Crippen molar-refractivity contribution in [2.45, 2.75) is 12.4 Å². The fourth-order valence-electron chi connectivity index (χ4n) is 1.76. The number of benzene rings is 1. The molecular weight excluding hydrogens is 296 g/mol. The maximum Gasteiger partial charge on any atom is 0.416 e. The number of pyridine rings is 1. The summed E-state index contributed by atoms with van der Waals surface area (Å²) in [4.78, 5) is 3.57. The molecule has 0 aliphatic rings. The van der Waals surface area contributed by atoms with Gasteiger partial charge in [-0.2, -0.15) is 26.3 Å². The molecule has 7 heteroatoms. The van der Waals surface area contributed by atoms with Crippen LogP contribution >= 0.6 is 0 Å². The van der Waals surface area contributed by atoms with E-state index in [1.807, 2.05) is 0 Å². The van der Waals surface area contributed by atoms with Crippen LogP contribution in [0.2, 0.25) is 0 Å². The molecule has 0 aliphatic heterocycles. The predicted octanol–water partition coefficient (Wildman–Crippen LogP) is 4.72. The number of rotatable bonds is 2. The fourth-order valence-corrected chi connectivity index (χ4v) is 1.76. The van der Waals surface area contributed by atoms with Crippen LogP contribution in [0.25, 0.3) is 0 Å². The molecule has 1 aromatic carbocycles. The normalized spacial score (nSPS) is 12.5. The lowest BCUT2D eigenvalue weighted by atomic mass is 10.00. The molecule has 1 aromatic heterocycles. The summed E-state index contributed by atoms with van der Waals surface area (Å²) < 4.78 is 76.1. The molecule has 0 saturated heterocycles. The van der Waals surface area contributed by atoms with Crippen molar-refractivity contribution in [3.8, 4) is 0 Å². The Morgan fingerprint density at radius 1 is 0.905 bits per heavy atom. The van der Waals surface area contributed by atoms with Crippen LogP contribution in [0.15, 0.2) is 42.7 Å². The molecule has 111 valence electrons. The maximum atomic E-state index is 12.8. The minimum absolute atomic E-state index is 0.0170. The summed E-state index contributed by atoms with van der Waals surface area (Å²) >= 11 is 0. The lowest BCUT2D eigenvalue weighted by Crippen LogP contribution is -2.09. The summed E-state index contributed by atoms with van der Waals surface area (Å²) in [5.41, 5.74) is -2.14. The average Bonchev–Trinajstić information content (AvgIpc) is 2.37. The molecule has 0 N–H and O–H groups in total. The molecule has 21 heavy (non-hydrogen) atoms. The summed E-state index contributed by atoms with van der Waals surface area (Å²) in [5, 5.41) is 0. The van der Waals surface area contributed by atoms with E-state index in [-0.39, 0.29) is 11.1 Å². The van der Waals surface area contributed by atoms with Crippen LogP contribution in [0, 0.1) is 6.42 Å². The van der Waals surface area contributed by atoms with Gasteiger partial charge >= 0.3 is 12.4 Å². The van der Waals surface area contributed by atoms with E-state index in [9.17, 15) is 26.3 Å². The quantitative estimate of drug-likeness (QED) is 0.732. The van der Waals surface area contributed by atoms with Crippen LogP contribution < -0.4 is 0 Å². The van der Waals surface area contributed by atoms with Gasteiger partial charge in [-0.1, -0.05) is 18.2 Å². The van der Waals surface area contributed by atoms with Crippen LogP contribution in [0.3, 0.4) is 0 Å². The summed E-state index contributed by atoms with van der Waals surface area (Å²) in [6.07, 6.45) is -6.19. The van der Waals surface area contributed by atoms with Gasteiger partial charge in [0.25, 0.3) is 0 Å². The van der Waals surface area contributed by atoms with Crippen molar-refractivity contribution in [1.82, 2.24) is 4.98 Å². The van der Waals surface area contributed by atoms with Gasteiger partial charge in [-0.15, -0.1) is 0 Å². The highest BCUT2D eigenvalue weighted by atomic mass is 19.4. The highest BCUT2D eigenvalue weighted by Crippen LogP contribution is 2.34. The van der Waals surface area contributed by atoms with E-state index in [1.54, 1.807) is 0 Å². The lowest BCUT2D eigenvalue weighted by Gasteiger charge is -2.13. The van der Waals surface area contributed by atoms with Crippen molar-refractivity contribution < 1.29 is 26.3 Å². The van der Waals surface area contributed by atoms with Crippen LogP contribution in [0.1, 0.15) is 22.3 Å². The molecular formula is C14H8F6N. The third-order valence-corrected chi connectivity index (χ3v) is 2.69. The molecule has 0 saturated carbocycles. The van der Waals surface area contributed by atoms with Gasteiger partial charge in [0.05, 0.1) is 11.1 Å². The SMILES string of the molecule is FC(F)(F)c1cccc([CH]c2cnccc2C(F)(F)F)c1. The number of hydrogen-bond acceptors (Lipinski definition) is 1. The topological polar surface area (TPSA) is 12.9 Å². The Hall–Kier alpha value is -2.05. The summed E-state index contributed by atoms with van der Waals surface area (Å²) in [6, 6.07) is 4.85. The number of hydrogen-bond donors (Lipinski definition) is 0. The van der Waals surface area contributed by atoms with Gasteiger partial charge < -0.3 is 0 Å². The first-order valence-corrected chi connectivity index (χ1v) is 5.71. The van der Waals surface area contributed by atoms with Gasteiger partial charge in [-0.3, -0.25) is 4.98 Å². The standard InChI is InChI=1S/C14H8F6N/c15-13(16,17)11-3-1-2-9(7-11)6-10-8-21-5-4-12(10)14(18,19)20/h1-8H. The van der Waals surface area contributed by atoms with Crippen LogP contribution in [-0.2, 0) is 12.4 Å². The average molecular weight is 304 g/mol. The van der Waals surface area contributed by atoms with Gasteiger partial charge in [-0.25, -0.2) is 0 Å². The van der Waals surface area contributed by atoms with E-state index in [2.05, 4.69) is 4.98 Å². The molecule has 1 nitrogen and oxygen atoms in total. The molecule has 0 fully saturated rings. The van der Waals surface area contributed by atoms with Gasteiger partial charge in [0.1, 0.15) is 0 Å². The number of nitrogens with zero attached hydrogens (tertiary/aromatic N) is 1. The number of halogens is 6. The van der Waals surface area contributed by atoms with Crippen molar-refractivity contribution in [2.24, 2.45) is 0 Å². The van der Waals surface area contributed by atoms with Crippen LogP contribution in [-0.4, -0.2) is 4.98 Å². The minimum atomic E-state index is -4.60. The molecule has 0 unspecified atom stereocenters.